The molecule has 3 unspecified atom stereocenters. The third kappa shape index (κ3) is 5.04. The van der Waals surface area contributed by atoms with Crippen molar-refractivity contribution in [2.24, 2.45) is 16.3 Å². The molecule has 5 nitrogen and oxygen atoms in total. The Hall–Kier alpha value is -0.0800. The first-order valence-electron chi connectivity index (χ1n) is 10.5. The summed E-state index contributed by atoms with van der Waals surface area (Å²) in [6, 6.07) is 0.526. The molecule has 0 radical (unpaired) electrons. The van der Waals surface area contributed by atoms with Crippen LogP contribution in [-0.4, -0.2) is 62.8 Å². The van der Waals surface area contributed by atoms with Crippen LogP contribution in [0.15, 0.2) is 4.99 Å². The lowest BCUT2D eigenvalue weighted by atomic mass is 9.60. The summed E-state index contributed by atoms with van der Waals surface area (Å²) in [5, 5.41) is 7.24. The molecule has 0 amide bonds. The maximum Gasteiger partial charge on any atom is 0.191 e. The lowest BCUT2D eigenvalue weighted by Crippen LogP contribution is -2.65. The SMILES string of the molecule is CCNC(=NCC1CCCN(C)C1)NC1CC(OCC)C12CCCC2.I. The Morgan fingerprint density at radius 2 is 2.00 bits per heavy atom. The Bertz CT molecular complexity index is 453. The van der Waals surface area contributed by atoms with Crippen LogP contribution in [0.2, 0.25) is 0 Å². The van der Waals surface area contributed by atoms with Gasteiger partial charge in [0, 0.05) is 37.7 Å². The van der Waals surface area contributed by atoms with Gasteiger partial charge in [0.15, 0.2) is 5.96 Å². The Kier molecular flexibility index (Phi) is 8.94. The van der Waals surface area contributed by atoms with Gasteiger partial charge in [-0.15, -0.1) is 24.0 Å². The van der Waals surface area contributed by atoms with Crippen molar-refractivity contribution in [3.63, 3.8) is 0 Å². The Balaban J connectivity index is 0.00000243. The van der Waals surface area contributed by atoms with Crippen LogP contribution in [0.1, 0.15) is 58.8 Å². The van der Waals surface area contributed by atoms with Crippen LogP contribution in [0, 0.1) is 11.3 Å². The van der Waals surface area contributed by atoms with Crippen molar-refractivity contribution in [3.8, 4) is 0 Å². The average molecular weight is 478 g/mol. The van der Waals surface area contributed by atoms with E-state index in [2.05, 4.69) is 36.4 Å². The molecule has 3 rings (SSSR count). The minimum Gasteiger partial charge on any atom is -0.378 e. The van der Waals surface area contributed by atoms with Gasteiger partial charge in [0.05, 0.1) is 6.10 Å². The quantitative estimate of drug-likeness (QED) is 0.350. The van der Waals surface area contributed by atoms with Crippen LogP contribution >= 0.6 is 24.0 Å². The second-order valence-corrected chi connectivity index (χ2v) is 8.31. The molecule has 1 aliphatic heterocycles. The van der Waals surface area contributed by atoms with Gasteiger partial charge in [0.25, 0.3) is 0 Å². The van der Waals surface area contributed by atoms with Crippen LogP contribution in [-0.2, 0) is 4.74 Å². The normalized spacial score (nSPS) is 31.3. The van der Waals surface area contributed by atoms with Gasteiger partial charge in [-0.3, -0.25) is 4.99 Å². The molecule has 3 fully saturated rings. The Labute approximate surface area is 177 Å². The highest BCUT2D eigenvalue weighted by atomic mass is 127. The molecule has 1 spiro atoms. The van der Waals surface area contributed by atoms with Gasteiger partial charge in [0.2, 0.25) is 0 Å². The third-order valence-electron chi connectivity index (χ3n) is 6.57. The summed E-state index contributed by atoms with van der Waals surface area (Å²) >= 11 is 0. The molecule has 2 aliphatic carbocycles. The van der Waals surface area contributed by atoms with E-state index < -0.39 is 0 Å². The van der Waals surface area contributed by atoms with Gasteiger partial charge in [-0.25, -0.2) is 0 Å². The largest absolute Gasteiger partial charge is 0.378 e. The summed E-state index contributed by atoms with van der Waals surface area (Å²) in [5.74, 6) is 1.72. The summed E-state index contributed by atoms with van der Waals surface area (Å²) in [6.45, 7) is 9.39. The maximum absolute atomic E-state index is 6.05. The minimum atomic E-state index is 0. The molecular formula is C20H39IN4O. The molecule has 2 N–H and O–H groups in total. The molecule has 0 aromatic rings. The van der Waals surface area contributed by atoms with Crippen molar-refractivity contribution >= 4 is 29.9 Å². The van der Waals surface area contributed by atoms with E-state index in [0.717, 1.165) is 32.1 Å². The van der Waals surface area contributed by atoms with Gasteiger partial charge in [-0.1, -0.05) is 12.8 Å². The molecule has 1 heterocycles. The number of halogens is 1. The number of ether oxygens (including phenoxy) is 1. The van der Waals surface area contributed by atoms with E-state index in [4.69, 9.17) is 9.73 Å². The summed E-state index contributed by atoms with van der Waals surface area (Å²) in [7, 11) is 2.23. The van der Waals surface area contributed by atoms with E-state index in [0.29, 0.717) is 23.5 Å². The van der Waals surface area contributed by atoms with Gasteiger partial charge in [-0.05, 0) is 65.5 Å². The lowest BCUT2D eigenvalue weighted by Gasteiger charge is -2.54. The maximum atomic E-state index is 6.05. The van der Waals surface area contributed by atoms with Crippen LogP contribution < -0.4 is 10.6 Å². The molecule has 2 saturated carbocycles. The predicted molar refractivity (Wildman–Crippen MR) is 119 cm³/mol. The van der Waals surface area contributed by atoms with Crippen LogP contribution in [0.4, 0.5) is 0 Å². The first kappa shape index (κ1) is 22.2. The number of aliphatic imine (C=N–C) groups is 1. The topological polar surface area (TPSA) is 48.9 Å². The summed E-state index contributed by atoms with van der Waals surface area (Å²) in [6.07, 6.45) is 9.52. The average Bonchev–Trinajstić information content (AvgIpc) is 3.12. The molecular weight excluding hydrogens is 439 g/mol. The second kappa shape index (κ2) is 10.5. The van der Waals surface area contributed by atoms with Crippen molar-refractivity contribution in [2.75, 3.05) is 39.8 Å². The number of guanidine groups is 1. The number of likely N-dealkylation sites (tertiary alicyclic amines) is 1. The van der Waals surface area contributed by atoms with E-state index in [-0.39, 0.29) is 24.0 Å². The molecule has 0 bridgehead atoms. The highest BCUT2D eigenvalue weighted by Gasteiger charge is 2.56. The standard InChI is InChI=1S/C20H38N4O.HI/c1-4-21-19(22-14-16-9-8-12-24(3)15-16)23-17-13-18(25-5-2)20(17)10-6-7-11-20;/h16-18H,4-15H2,1-3H3,(H2,21,22,23);1H. The van der Waals surface area contributed by atoms with Crippen molar-refractivity contribution in [1.29, 1.82) is 0 Å². The second-order valence-electron chi connectivity index (χ2n) is 8.31. The van der Waals surface area contributed by atoms with E-state index >= 15 is 0 Å². The summed E-state index contributed by atoms with van der Waals surface area (Å²) in [4.78, 5) is 7.39. The minimum absolute atomic E-state index is 0. The number of nitrogens with one attached hydrogen (secondary N) is 2. The fourth-order valence-electron chi connectivity index (χ4n) is 5.22. The molecule has 1 saturated heterocycles. The third-order valence-corrected chi connectivity index (χ3v) is 6.57. The highest BCUT2D eigenvalue weighted by Crippen LogP contribution is 2.54. The smallest absolute Gasteiger partial charge is 0.191 e. The zero-order chi connectivity index (χ0) is 17.7. The van der Waals surface area contributed by atoms with Gasteiger partial charge < -0.3 is 20.3 Å². The number of piperidine rings is 1. The zero-order valence-electron chi connectivity index (χ0n) is 16.9. The highest BCUT2D eigenvalue weighted by molar-refractivity contribution is 14.0. The van der Waals surface area contributed by atoms with Gasteiger partial charge in [-0.2, -0.15) is 0 Å². The van der Waals surface area contributed by atoms with Crippen LogP contribution in [0.5, 0.6) is 0 Å². The van der Waals surface area contributed by atoms with Crippen molar-refractivity contribution in [3.05, 3.63) is 0 Å². The molecule has 6 heteroatoms. The Morgan fingerprint density at radius 3 is 2.65 bits per heavy atom. The summed E-state index contributed by atoms with van der Waals surface area (Å²) < 4.78 is 6.05. The lowest BCUT2D eigenvalue weighted by molar-refractivity contribution is -0.125. The van der Waals surface area contributed by atoms with Crippen LogP contribution in [0.3, 0.4) is 0 Å². The fraction of sp³-hybridized carbons (Fsp3) is 0.950. The monoisotopic (exact) mass is 478 g/mol. The molecule has 3 atom stereocenters. The predicted octanol–water partition coefficient (Wildman–Crippen LogP) is 3.24. The van der Waals surface area contributed by atoms with Gasteiger partial charge in [0.1, 0.15) is 0 Å². The Morgan fingerprint density at radius 1 is 1.23 bits per heavy atom. The van der Waals surface area contributed by atoms with Crippen molar-refractivity contribution in [1.82, 2.24) is 15.5 Å². The van der Waals surface area contributed by atoms with E-state index in [1.54, 1.807) is 0 Å². The number of hydrogen-bond donors (Lipinski definition) is 2. The van der Waals surface area contributed by atoms with Gasteiger partial charge >= 0.3 is 0 Å². The van der Waals surface area contributed by atoms with E-state index in [9.17, 15) is 0 Å². The van der Waals surface area contributed by atoms with E-state index in [1.165, 1.54) is 51.6 Å². The van der Waals surface area contributed by atoms with Crippen molar-refractivity contribution in [2.45, 2.75) is 70.9 Å². The molecule has 0 aromatic carbocycles. The first-order valence-corrected chi connectivity index (χ1v) is 10.5. The van der Waals surface area contributed by atoms with Crippen LogP contribution in [0.25, 0.3) is 0 Å². The molecule has 0 aromatic heterocycles. The fourth-order valence-corrected chi connectivity index (χ4v) is 5.22. The number of hydrogen-bond acceptors (Lipinski definition) is 3. The first-order chi connectivity index (χ1) is 12.2. The molecule has 152 valence electrons. The van der Waals surface area contributed by atoms with E-state index in [1.807, 2.05) is 0 Å². The summed E-state index contributed by atoms with van der Waals surface area (Å²) in [5.41, 5.74) is 0.358. The molecule has 3 aliphatic rings. The molecule has 26 heavy (non-hydrogen) atoms. The zero-order valence-corrected chi connectivity index (χ0v) is 19.3. The number of rotatable bonds is 6. The van der Waals surface area contributed by atoms with Crippen molar-refractivity contribution < 1.29 is 4.74 Å². The number of nitrogens with zero attached hydrogens (tertiary/aromatic N) is 2.